The Morgan fingerprint density at radius 2 is 1.11 bits per heavy atom. The molecule has 2 heteroatoms. The molecule has 0 spiro atoms. The first-order chi connectivity index (χ1) is 9.24. The molecule has 2 aromatic carbocycles. The Hall–Kier alpha value is -1.90. The molecule has 0 aliphatic carbocycles. The minimum absolute atomic E-state index is 0.440. The van der Waals surface area contributed by atoms with Crippen LogP contribution in [-0.2, 0) is 0 Å². The summed E-state index contributed by atoms with van der Waals surface area (Å²) in [5, 5.41) is 20.8. The summed E-state index contributed by atoms with van der Waals surface area (Å²) in [5.41, 5.74) is 1.56. The van der Waals surface area contributed by atoms with Crippen LogP contribution in [-0.4, -0.2) is 10.2 Å². The quantitative estimate of drug-likeness (QED) is 0.804. The number of benzene rings is 2. The molecule has 0 aliphatic rings. The zero-order valence-corrected chi connectivity index (χ0v) is 10.7. The Morgan fingerprint density at radius 1 is 0.737 bits per heavy atom. The zero-order chi connectivity index (χ0) is 13.7. The average molecular weight is 254 g/mol. The predicted molar refractivity (Wildman–Crippen MR) is 76.5 cm³/mol. The molecule has 19 heavy (non-hydrogen) atoms. The lowest BCUT2D eigenvalue weighted by atomic mass is 9.87. The lowest BCUT2D eigenvalue weighted by Gasteiger charge is -2.25. The molecule has 3 atom stereocenters. The second-order valence-electron chi connectivity index (χ2n) is 4.52. The summed E-state index contributed by atoms with van der Waals surface area (Å²) in [4.78, 5) is 0. The van der Waals surface area contributed by atoms with Crippen LogP contribution in [0, 0.1) is 5.92 Å². The van der Waals surface area contributed by atoms with Crippen LogP contribution in [0.3, 0.4) is 0 Å². The van der Waals surface area contributed by atoms with E-state index in [4.69, 9.17) is 0 Å². The molecule has 2 aromatic rings. The molecular weight excluding hydrogens is 236 g/mol. The van der Waals surface area contributed by atoms with E-state index in [-0.39, 0.29) is 0 Å². The van der Waals surface area contributed by atoms with Crippen molar-refractivity contribution in [1.29, 1.82) is 0 Å². The van der Waals surface area contributed by atoms with Gasteiger partial charge in [-0.2, -0.15) is 0 Å². The fraction of sp³-hybridized carbons (Fsp3) is 0.176. The van der Waals surface area contributed by atoms with E-state index >= 15 is 0 Å². The van der Waals surface area contributed by atoms with Crippen molar-refractivity contribution in [3.63, 3.8) is 0 Å². The molecule has 2 nitrogen and oxygen atoms in total. The van der Waals surface area contributed by atoms with Crippen molar-refractivity contribution in [2.75, 3.05) is 0 Å². The summed E-state index contributed by atoms with van der Waals surface area (Å²) in [5.74, 6) is -0.440. The van der Waals surface area contributed by atoms with Crippen LogP contribution in [0.1, 0.15) is 23.3 Å². The number of hydrogen-bond donors (Lipinski definition) is 2. The van der Waals surface area contributed by atoms with E-state index in [9.17, 15) is 10.2 Å². The van der Waals surface area contributed by atoms with Crippen LogP contribution >= 0.6 is 0 Å². The molecule has 0 heterocycles. The minimum Gasteiger partial charge on any atom is -0.388 e. The molecule has 0 aromatic heterocycles. The minimum atomic E-state index is -0.770. The second-order valence-corrected chi connectivity index (χ2v) is 4.52. The smallest absolute Gasteiger partial charge is 0.0880 e. The van der Waals surface area contributed by atoms with Gasteiger partial charge in [0.05, 0.1) is 12.2 Å². The molecular formula is C17H18O2. The Bertz CT molecular complexity index is 462. The van der Waals surface area contributed by atoms with Crippen LogP contribution in [0.15, 0.2) is 73.3 Å². The highest BCUT2D eigenvalue weighted by molar-refractivity contribution is 5.24. The van der Waals surface area contributed by atoms with Crippen LogP contribution in [0.5, 0.6) is 0 Å². The Kier molecular flexibility index (Phi) is 4.50. The number of aliphatic hydroxyl groups is 2. The van der Waals surface area contributed by atoms with Crippen LogP contribution in [0.25, 0.3) is 0 Å². The first kappa shape index (κ1) is 13.5. The Balaban J connectivity index is 2.23. The summed E-state index contributed by atoms with van der Waals surface area (Å²) >= 11 is 0. The van der Waals surface area contributed by atoms with Crippen molar-refractivity contribution in [1.82, 2.24) is 0 Å². The van der Waals surface area contributed by atoms with E-state index in [0.29, 0.717) is 0 Å². The van der Waals surface area contributed by atoms with Gasteiger partial charge >= 0.3 is 0 Å². The average Bonchev–Trinajstić information content (AvgIpc) is 2.49. The highest BCUT2D eigenvalue weighted by Gasteiger charge is 2.26. The molecule has 0 saturated heterocycles. The molecule has 0 radical (unpaired) electrons. The molecule has 0 saturated carbocycles. The summed E-state index contributed by atoms with van der Waals surface area (Å²) in [7, 11) is 0. The fourth-order valence-corrected chi connectivity index (χ4v) is 2.18. The van der Waals surface area contributed by atoms with Gasteiger partial charge in [0, 0.05) is 5.92 Å². The van der Waals surface area contributed by atoms with E-state index in [1.54, 1.807) is 6.08 Å². The van der Waals surface area contributed by atoms with Crippen LogP contribution < -0.4 is 0 Å². The van der Waals surface area contributed by atoms with E-state index in [0.717, 1.165) is 11.1 Å². The molecule has 98 valence electrons. The van der Waals surface area contributed by atoms with Crippen molar-refractivity contribution < 1.29 is 10.2 Å². The highest BCUT2D eigenvalue weighted by atomic mass is 16.3. The van der Waals surface area contributed by atoms with E-state index < -0.39 is 18.1 Å². The molecule has 0 bridgehead atoms. The van der Waals surface area contributed by atoms with E-state index in [1.807, 2.05) is 60.7 Å². The summed E-state index contributed by atoms with van der Waals surface area (Å²) < 4.78 is 0. The predicted octanol–water partition coefficient (Wildman–Crippen LogP) is 3.26. The summed E-state index contributed by atoms with van der Waals surface area (Å²) in [6, 6.07) is 18.7. The third kappa shape index (κ3) is 3.11. The maximum Gasteiger partial charge on any atom is 0.0880 e. The second kappa shape index (κ2) is 6.32. The van der Waals surface area contributed by atoms with E-state index in [2.05, 4.69) is 6.58 Å². The van der Waals surface area contributed by atoms with Gasteiger partial charge in [-0.3, -0.25) is 0 Å². The Morgan fingerprint density at radius 3 is 1.42 bits per heavy atom. The Labute approximate surface area is 113 Å². The molecule has 1 unspecified atom stereocenters. The van der Waals surface area contributed by atoms with Gasteiger partial charge in [-0.15, -0.1) is 6.58 Å². The van der Waals surface area contributed by atoms with E-state index in [1.165, 1.54) is 0 Å². The standard InChI is InChI=1S/C17H18O2/c1-2-15(16(18)13-9-5-3-6-10-13)17(19)14-11-7-4-8-12-14/h2-12,15-19H,1H2/t15?,16-,17+. The molecule has 0 amide bonds. The maximum atomic E-state index is 10.4. The monoisotopic (exact) mass is 254 g/mol. The van der Waals surface area contributed by atoms with Crippen molar-refractivity contribution in [3.05, 3.63) is 84.4 Å². The number of hydrogen-bond acceptors (Lipinski definition) is 2. The zero-order valence-electron chi connectivity index (χ0n) is 10.7. The highest BCUT2D eigenvalue weighted by Crippen LogP contribution is 2.33. The SMILES string of the molecule is C=CC([C@H](O)c1ccccc1)[C@@H](O)c1ccccc1. The van der Waals surface area contributed by atoms with Gasteiger partial charge in [0.25, 0.3) is 0 Å². The van der Waals surface area contributed by atoms with Gasteiger partial charge < -0.3 is 10.2 Å². The molecule has 2 N–H and O–H groups in total. The van der Waals surface area contributed by atoms with Gasteiger partial charge in [-0.25, -0.2) is 0 Å². The van der Waals surface area contributed by atoms with Crippen LogP contribution in [0.4, 0.5) is 0 Å². The van der Waals surface area contributed by atoms with Crippen LogP contribution in [0.2, 0.25) is 0 Å². The van der Waals surface area contributed by atoms with Crippen molar-refractivity contribution in [3.8, 4) is 0 Å². The van der Waals surface area contributed by atoms with Crippen molar-refractivity contribution in [2.45, 2.75) is 12.2 Å². The van der Waals surface area contributed by atoms with Gasteiger partial charge in [-0.05, 0) is 11.1 Å². The molecule has 0 aliphatic heterocycles. The fourth-order valence-electron chi connectivity index (χ4n) is 2.18. The number of aliphatic hydroxyl groups excluding tert-OH is 2. The van der Waals surface area contributed by atoms with Gasteiger partial charge in [0.2, 0.25) is 0 Å². The van der Waals surface area contributed by atoms with Gasteiger partial charge in [-0.1, -0.05) is 66.7 Å². The van der Waals surface area contributed by atoms with Gasteiger partial charge in [0.15, 0.2) is 0 Å². The molecule has 0 fully saturated rings. The third-order valence-electron chi connectivity index (χ3n) is 3.28. The van der Waals surface area contributed by atoms with Crippen molar-refractivity contribution >= 4 is 0 Å². The van der Waals surface area contributed by atoms with Gasteiger partial charge in [0.1, 0.15) is 0 Å². The lowest BCUT2D eigenvalue weighted by Crippen LogP contribution is -2.18. The molecule has 2 rings (SSSR count). The topological polar surface area (TPSA) is 40.5 Å². The number of rotatable bonds is 5. The summed E-state index contributed by atoms with van der Waals surface area (Å²) in [6.45, 7) is 3.73. The lowest BCUT2D eigenvalue weighted by molar-refractivity contribution is 0.0353. The first-order valence-corrected chi connectivity index (χ1v) is 6.32. The normalized spacial score (nSPS) is 15.5. The maximum absolute atomic E-state index is 10.4. The largest absolute Gasteiger partial charge is 0.388 e. The first-order valence-electron chi connectivity index (χ1n) is 6.32. The van der Waals surface area contributed by atoms with Crippen molar-refractivity contribution in [2.24, 2.45) is 5.92 Å². The summed E-state index contributed by atoms with van der Waals surface area (Å²) in [6.07, 6.45) is 0.0674. The third-order valence-corrected chi connectivity index (χ3v) is 3.28.